The van der Waals surface area contributed by atoms with Crippen LogP contribution in [0.2, 0.25) is 0 Å². The third-order valence-corrected chi connectivity index (χ3v) is 4.11. The first kappa shape index (κ1) is 16.0. The van der Waals surface area contributed by atoms with Crippen LogP contribution in [-0.2, 0) is 13.1 Å². The maximum Gasteiger partial charge on any atom is 0.0445 e. The molecule has 0 aliphatic carbocycles. The van der Waals surface area contributed by atoms with Gasteiger partial charge in [0, 0.05) is 43.3 Å². The monoisotopic (exact) mass is 303 g/mol. The molecule has 3 nitrogen and oxygen atoms in total. The maximum atomic E-state index is 4.45. The van der Waals surface area contributed by atoms with E-state index in [9.17, 15) is 0 Å². The fraction of sp³-hybridized carbons (Fsp3) is 0.471. The lowest BCUT2D eigenvalue weighted by Crippen LogP contribution is -2.23. The zero-order valence-electron chi connectivity index (χ0n) is 13.4. The Morgan fingerprint density at radius 2 is 2.19 bits per heavy atom. The van der Waals surface area contributed by atoms with Crippen molar-refractivity contribution in [3.05, 3.63) is 45.9 Å². The molecule has 0 atom stereocenters. The van der Waals surface area contributed by atoms with E-state index in [0.717, 1.165) is 25.3 Å². The van der Waals surface area contributed by atoms with Crippen LogP contribution in [0, 0.1) is 12.8 Å². The highest BCUT2D eigenvalue weighted by Crippen LogP contribution is 2.22. The SMILES string of the molecule is Cc1cc(N(C)Cc2ccsc2)c(CNCC(C)C)cn1. The lowest BCUT2D eigenvalue weighted by atomic mass is 10.1. The molecule has 0 radical (unpaired) electrons. The van der Waals surface area contributed by atoms with Gasteiger partial charge >= 0.3 is 0 Å². The van der Waals surface area contributed by atoms with Gasteiger partial charge in [-0.1, -0.05) is 13.8 Å². The molecule has 2 heterocycles. The average molecular weight is 303 g/mol. The maximum absolute atomic E-state index is 4.45. The molecule has 2 aromatic heterocycles. The Bertz CT molecular complexity index is 549. The molecule has 0 unspecified atom stereocenters. The van der Waals surface area contributed by atoms with Crippen LogP contribution in [0.15, 0.2) is 29.1 Å². The number of nitrogens with zero attached hydrogens (tertiary/aromatic N) is 2. The van der Waals surface area contributed by atoms with Gasteiger partial charge in [0.25, 0.3) is 0 Å². The van der Waals surface area contributed by atoms with Crippen molar-refractivity contribution in [2.75, 3.05) is 18.5 Å². The fourth-order valence-corrected chi connectivity index (χ4v) is 2.96. The summed E-state index contributed by atoms with van der Waals surface area (Å²) in [5, 5.41) is 7.85. The van der Waals surface area contributed by atoms with Crippen molar-refractivity contribution in [2.24, 2.45) is 5.92 Å². The Labute approximate surface area is 132 Å². The van der Waals surface area contributed by atoms with Crippen LogP contribution < -0.4 is 10.2 Å². The second-order valence-electron chi connectivity index (χ2n) is 5.97. The summed E-state index contributed by atoms with van der Waals surface area (Å²) in [4.78, 5) is 6.76. The van der Waals surface area contributed by atoms with Crippen molar-refractivity contribution in [3.63, 3.8) is 0 Å². The number of aryl methyl sites for hydroxylation is 1. The Morgan fingerprint density at radius 1 is 1.38 bits per heavy atom. The first-order chi connectivity index (χ1) is 10.1. The predicted molar refractivity (Wildman–Crippen MR) is 91.9 cm³/mol. The van der Waals surface area contributed by atoms with Crippen molar-refractivity contribution >= 4 is 17.0 Å². The van der Waals surface area contributed by atoms with E-state index < -0.39 is 0 Å². The van der Waals surface area contributed by atoms with Gasteiger partial charge in [0.15, 0.2) is 0 Å². The Balaban J connectivity index is 2.10. The van der Waals surface area contributed by atoms with Gasteiger partial charge in [-0.25, -0.2) is 0 Å². The highest BCUT2D eigenvalue weighted by atomic mass is 32.1. The van der Waals surface area contributed by atoms with Crippen molar-refractivity contribution in [3.8, 4) is 0 Å². The summed E-state index contributed by atoms with van der Waals surface area (Å²) in [6, 6.07) is 4.37. The summed E-state index contributed by atoms with van der Waals surface area (Å²) < 4.78 is 0. The molecule has 0 aliphatic rings. The van der Waals surface area contributed by atoms with E-state index in [1.807, 2.05) is 13.1 Å². The highest BCUT2D eigenvalue weighted by molar-refractivity contribution is 7.07. The molecule has 0 amide bonds. The number of anilines is 1. The summed E-state index contributed by atoms with van der Waals surface area (Å²) in [5.41, 5.74) is 4.96. The van der Waals surface area contributed by atoms with Gasteiger partial charge in [-0.3, -0.25) is 4.98 Å². The molecule has 0 spiro atoms. The summed E-state index contributed by atoms with van der Waals surface area (Å²) in [6.07, 6.45) is 2.00. The van der Waals surface area contributed by atoms with E-state index in [2.05, 4.69) is 59.0 Å². The summed E-state index contributed by atoms with van der Waals surface area (Å²) in [6.45, 7) is 9.34. The lowest BCUT2D eigenvalue weighted by molar-refractivity contribution is 0.551. The number of thiophene rings is 1. The van der Waals surface area contributed by atoms with E-state index in [1.165, 1.54) is 16.8 Å². The minimum Gasteiger partial charge on any atom is -0.370 e. The molecule has 0 aliphatic heterocycles. The first-order valence-electron chi connectivity index (χ1n) is 7.44. The second kappa shape index (κ2) is 7.57. The fourth-order valence-electron chi connectivity index (χ4n) is 2.30. The summed E-state index contributed by atoms with van der Waals surface area (Å²) in [5.74, 6) is 0.662. The molecule has 21 heavy (non-hydrogen) atoms. The van der Waals surface area contributed by atoms with Gasteiger partial charge in [-0.2, -0.15) is 11.3 Å². The Morgan fingerprint density at radius 3 is 2.86 bits per heavy atom. The van der Waals surface area contributed by atoms with Gasteiger partial charge in [0.05, 0.1) is 0 Å². The minimum absolute atomic E-state index is 0.662. The Kier molecular flexibility index (Phi) is 5.76. The van der Waals surface area contributed by atoms with E-state index in [4.69, 9.17) is 0 Å². The molecule has 1 N–H and O–H groups in total. The van der Waals surface area contributed by atoms with E-state index in [1.54, 1.807) is 11.3 Å². The third-order valence-electron chi connectivity index (χ3n) is 3.38. The van der Waals surface area contributed by atoms with Crippen LogP contribution in [-0.4, -0.2) is 18.6 Å². The van der Waals surface area contributed by atoms with E-state index >= 15 is 0 Å². The van der Waals surface area contributed by atoms with Gasteiger partial charge in [0.1, 0.15) is 0 Å². The highest BCUT2D eigenvalue weighted by Gasteiger charge is 2.10. The van der Waals surface area contributed by atoms with Gasteiger partial charge < -0.3 is 10.2 Å². The number of nitrogens with one attached hydrogen (secondary N) is 1. The van der Waals surface area contributed by atoms with Crippen LogP contribution in [0.3, 0.4) is 0 Å². The average Bonchev–Trinajstić information content (AvgIpc) is 2.92. The van der Waals surface area contributed by atoms with Gasteiger partial charge in [0.2, 0.25) is 0 Å². The number of aromatic nitrogens is 1. The van der Waals surface area contributed by atoms with Crippen molar-refractivity contribution in [2.45, 2.75) is 33.9 Å². The zero-order chi connectivity index (χ0) is 15.2. The van der Waals surface area contributed by atoms with Crippen molar-refractivity contribution in [1.82, 2.24) is 10.3 Å². The molecule has 114 valence electrons. The van der Waals surface area contributed by atoms with E-state index in [0.29, 0.717) is 5.92 Å². The molecule has 0 saturated carbocycles. The summed E-state index contributed by atoms with van der Waals surface area (Å²) >= 11 is 1.75. The second-order valence-corrected chi connectivity index (χ2v) is 6.75. The van der Waals surface area contributed by atoms with Gasteiger partial charge in [-0.15, -0.1) is 0 Å². The van der Waals surface area contributed by atoms with Crippen LogP contribution in [0.1, 0.15) is 30.7 Å². The summed E-state index contributed by atoms with van der Waals surface area (Å²) in [7, 11) is 2.15. The standard InChI is InChI=1S/C17H25N3S/c1-13(2)8-18-9-16-10-19-14(3)7-17(16)20(4)11-15-5-6-21-12-15/h5-7,10,12-13,18H,8-9,11H2,1-4H3. The Hall–Kier alpha value is -1.39. The number of pyridine rings is 1. The number of hydrogen-bond acceptors (Lipinski definition) is 4. The number of hydrogen-bond donors (Lipinski definition) is 1. The molecule has 2 rings (SSSR count). The third kappa shape index (κ3) is 4.83. The molecule has 4 heteroatoms. The van der Waals surface area contributed by atoms with Crippen LogP contribution >= 0.6 is 11.3 Å². The van der Waals surface area contributed by atoms with Gasteiger partial charge in [-0.05, 0) is 47.8 Å². The normalized spacial score (nSPS) is 11.1. The van der Waals surface area contributed by atoms with Crippen LogP contribution in [0.5, 0.6) is 0 Å². The largest absolute Gasteiger partial charge is 0.370 e. The van der Waals surface area contributed by atoms with Crippen molar-refractivity contribution < 1.29 is 0 Å². The van der Waals surface area contributed by atoms with Crippen molar-refractivity contribution in [1.29, 1.82) is 0 Å². The zero-order valence-corrected chi connectivity index (χ0v) is 14.2. The molecule has 0 saturated heterocycles. The lowest BCUT2D eigenvalue weighted by Gasteiger charge is -2.23. The smallest absolute Gasteiger partial charge is 0.0445 e. The quantitative estimate of drug-likeness (QED) is 0.842. The molecule has 0 bridgehead atoms. The predicted octanol–water partition coefficient (Wildman–Crippen LogP) is 3.83. The topological polar surface area (TPSA) is 28.2 Å². The van der Waals surface area contributed by atoms with Crippen LogP contribution in [0.25, 0.3) is 0 Å². The molecule has 0 fully saturated rings. The van der Waals surface area contributed by atoms with E-state index in [-0.39, 0.29) is 0 Å². The number of rotatable bonds is 7. The molecule has 0 aromatic carbocycles. The first-order valence-corrected chi connectivity index (χ1v) is 8.39. The molecular weight excluding hydrogens is 278 g/mol. The minimum atomic E-state index is 0.662. The molecular formula is C17H25N3S. The molecule has 2 aromatic rings. The van der Waals surface area contributed by atoms with Crippen LogP contribution in [0.4, 0.5) is 5.69 Å².